The first-order valence-corrected chi connectivity index (χ1v) is 6.96. The first kappa shape index (κ1) is 15.3. The molecule has 0 atom stereocenters. The Morgan fingerprint density at radius 1 is 1.29 bits per heavy atom. The van der Waals surface area contributed by atoms with Gasteiger partial charge in [0.15, 0.2) is 11.5 Å². The molecular formula is C15H22N4O2. The van der Waals surface area contributed by atoms with Gasteiger partial charge in [0.05, 0.1) is 13.3 Å². The van der Waals surface area contributed by atoms with Crippen molar-refractivity contribution in [2.45, 2.75) is 33.0 Å². The number of nitrogens with one attached hydrogen (secondary N) is 1. The van der Waals surface area contributed by atoms with Crippen LogP contribution in [0.1, 0.15) is 25.1 Å². The highest BCUT2D eigenvalue weighted by molar-refractivity contribution is 5.43. The summed E-state index contributed by atoms with van der Waals surface area (Å²) < 4.78 is 12.8. The summed E-state index contributed by atoms with van der Waals surface area (Å²) in [6.45, 7) is 5.41. The Bertz CT molecular complexity index is 581. The lowest BCUT2D eigenvalue weighted by Crippen LogP contribution is -2.21. The van der Waals surface area contributed by atoms with Gasteiger partial charge in [0.25, 0.3) is 0 Å². The average Bonchev–Trinajstić information content (AvgIpc) is 2.88. The van der Waals surface area contributed by atoms with Gasteiger partial charge in [-0.1, -0.05) is 25.1 Å². The molecule has 0 spiro atoms. The molecule has 0 saturated heterocycles. The smallest absolute Gasteiger partial charge is 0.161 e. The predicted octanol–water partition coefficient (Wildman–Crippen LogP) is 1.90. The van der Waals surface area contributed by atoms with E-state index in [2.05, 4.69) is 29.5 Å². The van der Waals surface area contributed by atoms with Gasteiger partial charge in [0.2, 0.25) is 0 Å². The Hall–Kier alpha value is -2.08. The Balaban J connectivity index is 2.01. The molecule has 0 aliphatic rings. The molecule has 0 saturated carbocycles. The minimum atomic E-state index is 0.369. The van der Waals surface area contributed by atoms with Gasteiger partial charge in [-0.25, -0.2) is 0 Å². The van der Waals surface area contributed by atoms with Crippen molar-refractivity contribution < 1.29 is 9.47 Å². The number of hydrogen-bond acceptors (Lipinski definition) is 5. The van der Waals surface area contributed by atoms with Crippen molar-refractivity contribution in [2.24, 2.45) is 7.05 Å². The summed E-state index contributed by atoms with van der Waals surface area (Å²) in [5.74, 6) is 1.43. The Labute approximate surface area is 125 Å². The van der Waals surface area contributed by atoms with E-state index in [1.54, 1.807) is 11.8 Å². The fraction of sp³-hybridized carbons (Fsp3) is 0.467. The maximum absolute atomic E-state index is 5.75. The average molecular weight is 290 g/mol. The second-order valence-electron chi connectivity index (χ2n) is 5.19. The van der Waals surface area contributed by atoms with E-state index in [-0.39, 0.29) is 0 Å². The Morgan fingerprint density at radius 2 is 2.10 bits per heavy atom. The van der Waals surface area contributed by atoms with Gasteiger partial charge in [-0.3, -0.25) is 4.68 Å². The van der Waals surface area contributed by atoms with Crippen molar-refractivity contribution in [3.8, 4) is 11.5 Å². The van der Waals surface area contributed by atoms with Gasteiger partial charge < -0.3 is 14.8 Å². The topological polar surface area (TPSA) is 61.2 Å². The molecule has 1 aromatic carbocycles. The van der Waals surface area contributed by atoms with E-state index < -0.39 is 0 Å². The highest BCUT2D eigenvalue weighted by Gasteiger charge is 2.08. The molecular weight excluding hydrogens is 268 g/mol. The fourth-order valence-corrected chi connectivity index (χ4v) is 1.88. The quantitative estimate of drug-likeness (QED) is 0.844. The third-order valence-electron chi connectivity index (χ3n) is 2.97. The zero-order valence-corrected chi connectivity index (χ0v) is 13.0. The zero-order valence-electron chi connectivity index (χ0n) is 13.0. The number of aryl methyl sites for hydroxylation is 1. The van der Waals surface area contributed by atoms with Crippen LogP contribution in [0.15, 0.2) is 24.4 Å². The maximum atomic E-state index is 5.75. The predicted molar refractivity (Wildman–Crippen MR) is 80.3 cm³/mol. The van der Waals surface area contributed by atoms with Crippen LogP contribution in [-0.2, 0) is 20.2 Å². The minimum Gasteiger partial charge on any atom is -0.493 e. The van der Waals surface area contributed by atoms with Gasteiger partial charge in [0, 0.05) is 19.6 Å². The largest absolute Gasteiger partial charge is 0.493 e. The summed E-state index contributed by atoms with van der Waals surface area (Å²) in [5, 5.41) is 11.2. The van der Waals surface area contributed by atoms with E-state index >= 15 is 0 Å². The standard InChI is InChI=1S/C15H22N4O2/c1-11(2)16-8-12-5-6-14(15(7-12)20-4)21-10-13-9-19(3)18-17-13/h5-7,9,11,16H,8,10H2,1-4H3. The number of ether oxygens (including phenoxy) is 2. The molecule has 0 aliphatic carbocycles. The number of methoxy groups -OCH3 is 1. The van der Waals surface area contributed by atoms with Gasteiger partial charge >= 0.3 is 0 Å². The van der Waals surface area contributed by atoms with Crippen LogP contribution in [0.25, 0.3) is 0 Å². The van der Waals surface area contributed by atoms with E-state index in [9.17, 15) is 0 Å². The van der Waals surface area contributed by atoms with E-state index in [1.807, 2.05) is 31.4 Å². The summed E-state index contributed by atoms with van der Waals surface area (Å²) >= 11 is 0. The summed E-state index contributed by atoms with van der Waals surface area (Å²) in [5.41, 5.74) is 1.94. The van der Waals surface area contributed by atoms with Crippen molar-refractivity contribution in [1.82, 2.24) is 20.3 Å². The first-order valence-electron chi connectivity index (χ1n) is 6.96. The molecule has 1 heterocycles. The van der Waals surface area contributed by atoms with Crippen molar-refractivity contribution in [3.05, 3.63) is 35.7 Å². The molecule has 2 aromatic rings. The summed E-state index contributed by atoms with van der Waals surface area (Å²) in [6.07, 6.45) is 1.83. The molecule has 0 bridgehead atoms. The Kier molecular flexibility index (Phi) is 5.16. The third-order valence-corrected chi connectivity index (χ3v) is 2.97. The number of nitrogens with zero attached hydrogens (tertiary/aromatic N) is 3. The molecule has 0 aliphatic heterocycles. The summed E-state index contributed by atoms with van der Waals surface area (Å²) in [7, 11) is 3.47. The highest BCUT2D eigenvalue weighted by Crippen LogP contribution is 2.28. The third kappa shape index (κ3) is 4.46. The van der Waals surface area contributed by atoms with Crippen molar-refractivity contribution in [3.63, 3.8) is 0 Å². The fourth-order valence-electron chi connectivity index (χ4n) is 1.88. The van der Waals surface area contributed by atoms with E-state index in [1.165, 1.54) is 0 Å². The lowest BCUT2D eigenvalue weighted by molar-refractivity contribution is 0.280. The molecule has 0 radical (unpaired) electrons. The molecule has 21 heavy (non-hydrogen) atoms. The van der Waals surface area contributed by atoms with Crippen LogP contribution in [0.3, 0.4) is 0 Å². The zero-order chi connectivity index (χ0) is 15.2. The molecule has 2 rings (SSSR count). The minimum absolute atomic E-state index is 0.369. The molecule has 1 N–H and O–H groups in total. The molecule has 6 heteroatoms. The SMILES string of the molecule is COc1cc(CNC(C)C)ccc1OCc1cn(C)nn1. The van der Waals surface area contributed by atoms with E-state index in [4.69, 9.17) is 9.47 Å². The van der Waals surface area contributed by atoms with Gasteiger partial charge in [-0.05, 0) is 17.7 Å². The van der Waals surface area contributed by atoms with Gasteiger partial charge in [-0.15, -0.1) is 5.10 Å². The monoisotopic (exact) mass is 290 g/mol. The van der Waals surface area contributed by atoms with Crippen LogP contribution in [0.4, 0.5) is 0 Å². The Morgan fingerprint density at radius 3 is 2.71 bits per heavy atom. The van der Waals surface area contributed by atoms with Gasteiger partial charge in [-0.2, -0.15) is 0 Å². The van der Waals surface area contributed by atoms with E-state index in [0.717, 1.165) is 23.6 Å². The highest BCUT2D eigenvalue weighted by atomic mass is 16.5. The number of rotatable bonds is 7. The maximum Gasteiger partial charge on any atom is 0.161 e. The second kappa shape index (κ2) is 7.08. The van der Waals surface area contributed by atoms with Gasteiger partial charge in [0.1, 0.15) is 12.3 Å². The molecule has 0 amide bonds. The van der Waals surface area contributed by atoms with Crippen LogP contribution in [0.5, 0.6) is 11.5 Å². The molecule has 6 nitrogen and oxygen atoms in total. The number of benzene rings is 1. The first-order chi connectivity index (χ1) is 10.1. The lowest BCUT2D eigenvalue weighted by Gasteiger charge is -2.13. The van der Waals surface area contributed by atoms with Crippen LogP contribution >= 0.6 is 0 Å². The molecule has 0 fully saturated rings. The number of hydrogen-bond donors (Lipinski definition) is 1. The van der Waals surface area contributed by atoms with E-state index in [0.29, 0.717) is 18.4 Å². The summed E-state index contributed by atoms with van der Waals surface area (Å²) in [4.78, 5) is 0. The van der Waals surface area contributed by atoms with Crippen molar-refractivity contribution in [2.75, 3.05) is 7.11 Å². The summed E-state index contributed by atoms with van der Waals surface area (Å²) in [6, 6.07) is 6.39. The number of aromatic nitrogens is 3. The molecule has 1 aromatic heterocycles. The van der Waals surface area contributed by atoms with Crippen LogP contribution in [0, 0.1) is 0 Å². The molecule has 114 valence electrons. The molecule has 0 unspecified atom stereocenters. The normalized spacial score (nSPS) is 10.9. The van der Waals surface area contributed by atoms with Crippen molar-refractivity contribution >= 4 is 0 Å². The van der Waals surface area contributed by atoms with Crippen LogP contribution in [0.2, 0.25) is 0 Å². The second-order valence-corrected chi connectivity index (χ2v) is 5.19. The lowest BCUT2D eigenvalue weighted by atomic mass is 10.2. The van der Waals surface area contributed by atoms with Crippen LogP contribution < -0.4 is 14.8 Å². The van der Waals surface area contributed by atoms with Crippen LogP contribution in [-0.4, -0.2) is 28.1 Å². The van der Waals surface area contributed by atoms with Crippen molar-refractivity contribution in [1.29, 1.82) is 0 Å².